The predicted octanol–water partition coefficient (Wildman–Crippen LogP) is 1.18. The summed E-state index contributed by atoms with van der Waals surface area (Å²) in [4.78, 5) is 14.6. The topological polar surface area (TPSA) is 83.0 Å². The first-order valence-corrected chi connectivity index (χ1v) is 6.17. The Bertz CT molecular complexity index is 617. The van der Waals surface area contributed by atoms with Gasteiger partial charge in [-0.2, -0.15) is 5.10 Å². The van der Waals surface area contributed by atoms with Crippen molar-refractivity contribution in [2.24, 2.45) is 5.73 Å². The minimum absolute atomic E-state index is 0.00142. The fourth-order valence-electron chi connectivity index (χ4n) is 1.50. The lowest BCUT2D eigenvalue weighted by Crippen LogP contribution is -2.15. The third-order valence-corrected chi connectivity index (χ3v) is 2.69. The highest BCUT2D eigenvalue weighted by Gasteiger charge is 2.05. The lowest BCUT2D eigenvalue weighted by Gasteiger charge is -2.06. The van der Waals surface area contributed by atoms with Crippen LogP contribution in [-0.4, -0.2) is 27.3 Å². The summed E-state index contributed by atoms with van der Waals surface area (Å²) >= 11 is 5.64. The third-order valence-electron chi connectivity index (χ3n) is 2.40. The molecule has 0 aliphatic rings. The molecular formula is C12H12ClFN4O2. The van der Waals surface area contributed by atoms with Gasteiger partial charge in [-0.3, -0.25) is 4.79 Å². The van der Waals surface area contributed by atoms with Crippen LogP contribution in [-0.2, 0) is 17.8 Å². The standard InChI is InChI=1S/C12H12ClFN4O2/c13-9-5-8(1-2-10(9)14)20-4-3-18-7-16-12(17-18)6-11(15)19/h1-2,5,7H,3-4,6H2,(H2,15,19). The molecule has 0 radical (unpaired) electrons. The van der Waals surface area contributed by atoms with Gasteiger partial charge in [-0.1, -0.05) is 11.6 Å². The summed E-state index contributed by atoms with van der Waals surface area (Å²) in [5.74, 6) is -0.150. The van der Waals surface area contributed by atoms with Gasteiger partial charge in [-0.05, 0) is 12.1 Å². The van der Waals surface area contributed by atoms with E-state index in [9.17, 15) is 9.18 Å². The predicted molar refractivity (Wildman–Crippen MR) is 69.8 cm³/mol. The summed E-state index contributed by atoms with van der Waals surface area (Å²) in [5.41, 5.74) is 5.04. The van der Waals surface area contributed by atoms with Crippen LogP contribution < -0.4 is 10.5 Å². The number of ether oxygens (including phenoxy) is 1. The molecule has 0 unspecified atom stereocenters. The number of amides is 1. The van der Waals surface area contributed by atoms with Crippen LogP contribution in [0.4, 0.5) is 4.39 Å². The molecule has 0 saturated carbocycles. The summed E-state index contributed by atoms with van der Waals surface area (Å²) in [6, 6.07) is 4.12. The van der Waals surface area contributed by atoms with Crippen molar-refractivity contribution < 1.29 is 13.9 Å². The number of primary amides is 1. The number of halogens is 2. The van der Waals surface area contributed by atoms with Crippen LogP contribution in [0.2, 0.25) is 5.02 Å². The molecule has 2 aromatic rings. The molecule has 0 aliphatic heterocycles. The smallest absolute Gasteiger partial charge is 0.225 e. The third kappa shape index (κ3) is 3.92. The minimum Gasteiger partial charge on any atom is -0.492 e. The normalized spacial score (nSPS) is 10.5. The zero-order chi connectivity index (χ0) is 14.5. The number of carbonyl (C=O) groups excluding carboxylic acids is 1. The lowest BCUT2D eigenvalue weighted by molar-refractivity contribution is -0.117. The molecule has 6 nitrogen and oxygen atoms in total. The van der Waals surface area contributed by atoms with E-state index < -0.39 is 11.7 Å². The van der Waals surface area contributed by atoms with Crippen molar-refractivity contribution in [1.29, 1.82) is 0 Å². The maximum absolute atomic E-state index is 12.9. The molecule has 1 heterocycles. The first-order chi connectivity index (χ1) is 9.54. The number of rotatable bonds is 6. The van der Waals surface area contributed by atoms with Gasteiger partial charge < -0.3 is 10.5 Å². The minimum atomic E-state index is -0.494. The van der Waals surface area contributed by atoms with Crippen molar-refractivity contribution >= 4 is 17.5 Å². The molecule has 8 heteroatoms. The van der Waals surface area contributed by atoms with E-state index in [0.29, 0.717) is 24.7 Å². The highest BCUT2D eigenvalue weighted by Crippen LogP contribution is 2.20. The number of carbonyl (C=O) groups is 1. The van der Waals surface area contributed by atoms with Crippen LogP contribution in [0.3, 0.4) is 0 Å². The van der Waals surface area contributed by atoms with E-state index in [1.165, 1.54) is 29.2 Å². The second kappa shape index (κ2) is 6.33. The Kier molecular flexibility index (Phi) is 4.52. The number of nitrogens with two attached hydrogens (primary N) is 1. The van der Waals surface area contributed by atoms with Crippen molar-refractivity contribution in [3.63, 3.8) is 0 Å². The molecule has 0 aliphatic carbocycles. The molecular weight excluding hydrogens is 287 g/mol. The van der Waals surface area contributed by atoms with Crippen LogP contribution in [0.1, 0.15) is 5.82 Å². The van der Waals surface area contributed by atoms with Crippen LogP contribution in [0.5, 0.6) is 5.75 Å². The van der Waals surface area contributed by atoms with Crippen molar-refractivity contribution in [3.05, 3.63) is 41.2 Å². The first-order valence-electron chi connectivity index (χ1n) is 5.79. The number of aromatic nitrogens is 3. The Hall–Kier alpha value is -2.15. The Morgan fingerprint density at radius 2 is 2.30 bits per heavy atom. The highest BCUT2D eigenvalue weighted by molar-refractivity contribution is 6.30. The fraction of sp³-hybridized carbons (Fsp3) is 0.250. The van der Waals surface area contributed by atoms with Crippen LogP contribution >= 0.6 is 11.6 Å². The molecule has 0 bridgehead atoms. The molecule has 0 saturated heterocycles. The monoisotopic (exact) mass is 298 g/mol. The zero-order valence-electron chi connectivity index (χ0n) is 10.4. The molecule has 1 amide bonds. The molecule has 0 spiro atoms. The highest BCUT2D eigenvalue weighted by atomic mass is 35.5. The van der Waals surface area contributed by atoms with Gasteiger partial charge in [0.25, 0.3) is 0 Å². The first kappa shape index (κ1) is 14.3. The summed E-state index contributed by atoms with van der Waals surface area (Å²) in [5, 5.41) is 4.06. The van der Waals surface area contributed by atoms with Gasteiger partial charge in [-0.25, -0.2) is 14.1 Å². The van der Waals surface area contributed by atoms with Gasteiger partial charge >= 0.3 is 0 Å². The van der Waals surface area contributed by atoms with Gasteiger partial charge in [0.2, 0.25) is 5.91 Å². The van der Waals surface area contributed by atoms with Crippen LogP contribution in [0.15, 0.2) is 24.5 Å². The number of nitrogens with zero attached hydrogens (tertiary/aromatic N) is 3. The zero-order valence-corrected chi connectivity index (χ0v) is 11.2. The fourth-order valence-corrected chi connectivity index (χ4v) is 1.67. The molecule has 0 fully saturated rings. The van der Waals surface area contributed by atoms with Crippen molar-refractivity contribution in [1.82, 2.24) is 14.8 Å². The van der Waals surface area contributed by atoms with Gasteiger partial charge in [0.15, 0.2) is 5.82 Å². The summed E-state index contributed by atoms with van der Waals surface area (Å²) in [6.07, 6.45) is 1.49. The number of hydrogen-bond donors (Lipinski definition) is 1. The molecule has 106 valence electrons. The summed E-state index contributed by atoms with van der Waals surface area (Å²) < 4.78 is 19.9. The van der Waals surface area contributed by atoms with Crippen molar-refractivity contribution in [3.8, 4) is 5.75 Å². The van der Waals surface area contributed by atoms with Crippen LogP contribution in [0.25, 0.3) is 0 Å². The van der Waals surface area contributed by atoms with Crippen LogP contribution in [0, 0.1) is 5.82 Å². The second-order valence-corrected chi connectivity index (χ2v) is 4.40. The average Bonchev–Trinajstić information content (AvgIpc) is 2.80. The van der Waals surface area contributed by atoms with Gasteiger partial charge in [-0.15, -0.1) is 0 Å². The van der Waals surface area contributed by atoms with E-state index in [1.54, 1.807) is 0 Å². The van der Waals surface area contributed by atoms with Gasteiger partial charge in [0.05, 0.1) is 18.0 Å². The number of benzene rings is 1. The van der Waals surface area contributed by atoms with E-state index in [-0.39, 0.29) is 11.4 Å². The van der Waals surface area contributed by atoms with E-state index in [0.717, 1.165) is 0 Å². The maximum atomic E-state index is 12.9. The molecule has 2 N–H and O–H groups in total. The lowest BCUT2D eigenvalue weighted by atomic mass is 10.3. The van der Waals surface area contributed by atoms with E-state index >= 15 is 0 Å². The maximum Gasteiger partial charge on any atom is 0.225 e. The average molecular weight is 299 g/mol. The van der Waals surface area contributed by atoms with E-state index in [4.69, 9.17) is 22.1 Å². The summed E-state index contributed by atoms with van der Waals surface area (Å²) in [7, 11) is 0. The molecule has 20 heavy (non-hydrogen) atoms. The quantitative estimate of drug-likeness (QED) is 0.868. The Morgan fingerprint density at radius 1 is 1.50 bits per heavy atom. The largest absolute Gasteiger partial charge is 0.492 e. The Morgan fingerprint density at radius 3 is 3.00 bits per heavy atom. The van der Waals surface area contributed by atoms with E-state index in [1.807, 2.05) is 0 Å². The summed E-state index contributed by atoms with van der Waals surface area (Å²) in [6.45, 7) is 0.738. The SMILES string of the molecule is NC(=O)Cc1ncn(CCOc2ccc(F)c(Cl)c2)n1. The van der Waals surface area contributed by atoms with Crippen molar-refractivity contribution in [2.75, 3.05) is 6.61 Å². The van der Waals surface area contributed by atoms with Gasteiger partial charge in [0.1, 0.15) is 24.5 Å². The van der Waals surface area contributed by atoms with E-state index in [2.05, 4.69) is 10.1 Å². The van der Waals surface area contributed by atoms with Crippen molar-refractivity contribution in [2.45, 2.75) is 13.0 Å². The molecule has 2 rings (SSSR count). The van der Waals surface area contributed by atoms with Gasteiger partial charge in [0, 0.05) is 6.07 Å². The molecule has 0 atom stereocenters. The molecule has 1 aromatic carbocycles. The number of hydrogen-bond acceptors (Lipinski definition) is 4. The Balaban J connectivity index is 1.84. The second-order valence-electron chi connectivity index (χ2n) is 3.99. The Labute approximate surface area is 119 Å². The molecule has 1 aromatic heterocycles.